The van der Waals surface area contributed by atoms with Crippen LogP contribution in [0.1, 0.15) is 58.8 Å². The fourth-order valence-electron chi connectivity index (χ4n) is 3.15. The van der Waals surface area contributed by atoms with Crippen LogP contribution in [-0.4, -0.2) is 18.0 Å². The number of carbonyl (C=O) groups excluding carboxylic acids is 1. The van der Waals surface area contributed by atoms with Gasteiger partial charge in [-0.1, -0.05) is 26.7 Å². The molecule has 0 aromatic carbocycles. The molecule has 0 saturated carbocycles. The van der Waals surface area contributed by atoms with Crippen LogP contribution < -0.4 is 0 Å². The van der Waals surface area contributed by atoms with E-state index in [0.29, 0.717) is 29.8 Å². The first-order valence-electron chi connectivity index (χ1n) is 6.91. The number of hydrogen-bond donors (Lipinski definition) is 0. The lowest BCUT2D eigenvalue weighted by molar-refractivity contribution is -0.129. The highest BCUT2D eigenvalue weighted by Gasteiger charge is 2.37. The summed E-state index contributed by atoms with van der Waals surface area (Å²) in [5.74, 6) is 1.42. The molecule has 2 unspecified atom stereocenters. The van der Waals surface area contributed by atoms with Crippen LogP contribution in [0, 0.1) is 11.8 Å². The van der Waals surface area contributed by atoms with Crippen molar-refractivity contribution in [2.45, 2.75) is 71.0 Å². The number of hydrogen-bond acceptors (Lipinski definition) is 2. The summed E-state index contributed by atoms with van der Waals surface area (Å²) in [6.45, 7) is 4.38. The van der Waals surface area contributed by atoms with E-state index >= 15 is 0 Å². The Hall–Kier alpha value is -0.370. The van der Waals surface area contributed by atoms with Crippen LogP contribution in [0.4, 0.5) is 0 Å². The predicted molar refractivity (Wildman–Crippen MR) is 64.3 cm³/mol. The quantitative estimate of drug-likeness (QED) is 0.716. The standard InChI is InChI=1S/C14H24O2/c1-3-10(4-2)7-14(15)11-8-12-5-6-13(9-11)16-12/h10-13H,3-9H2,1-2H3. The monoisotopic (exact) mass is 224 g/mol. The van der Waals surface area contributed by atoms with Gasteiger partial charge < -0.3 is 4.74 Å². The maximum absolute atomic E-state index is 12.2. The van der Waals surface area contributed by atoms with Crippen molar-refractivity contribution in [3.8, 4) is 0 Å². The van der Waals surface area contributed by atoms with Gasteiger partial charge in [-0.3, -0.25) is 4.79 Å². The fraction of sp³-hybridized carbons (Fsp3) is 0.929. The highest BCUT2D eigenvalue weighted by molar-refractivity contribution is 5.81. The maximum atomic E-state index is 12.2. The summed E-state index contributed by atoms with van der Waals surface area (Å²) < 4.78 is 5.78. The molecular formula is C14H24O2. The summed E-state index contributed by atoms with van der Waals surface area (Å²) in [7, 11) is 0. The molecule has 2 aliphatic heterocycles. The van der Waals surface area contributed by atoms with Gasteiger partial charge in [-0.2, -0.15) is 0 Å². The Kier molecular flexibility index (Phi) is 4.01. The Balaban J connectivity index is 1.85. The minimum atomic E-state index is 0.312. The van der Waals surface area contributed by atoms with E-state index in [2.05, 4.69) is 13.8 Å². The van der Waals surface area contributed by atoms with Crippen LogP contribution in [0.3, 0.4) is 0 Å². The van der Waals surface area contributed by atoms with Crippen LogP contribution in [0.25, 0.3) is 0 Å². The zero-order chi connectivity index (χ0) is 11.5. The van der Waals surface area contributed by atoms with Gasteiger partial charge >= 0.3 is 0 Å². The largest absolute Gasteiger partial charge is 0.375 e. The van der Waals surface area contributed by atoms with Gasteiger partial charge in [-0.15, -0.1) is 0 Å². The van der Waals surface area contributed by atoms with Gasteiger partial charge in [0.15, 0.2) is 0 Å². The van der Waals surface area contributed by atoms with E-state index in [-0.39, 0.29) is 0 Å². The van der Waals surface area contributed by atoms with E-state index in [1.54, 1.807) is 0 Å². The second-order valence-electron chi connectivity index (χ2n) is 5.48. The van der Waals surface area contributed by atoms with Crippen molar-refractivity contribution >= 4 is 5.78 Å². The highest BCUT2D eigenvalue weighted by Crippen LogP contribution is 2.37. The Bertz CT molecular complexity index is 233. The molecule has 92 valence electrons. The van der Waals surface area contributed by atoms with Crippen molar-refractivity contribution in [1.29, 1.82) is 0 Å². The smallest absolute Gasteiger partial charge is 0.136 e. The minimum absolute atomic E-state index is 0.312. The Morgan fingerprint density at radius 2 is 1.75 bits per heavy atom. The van der Waals surface area contributed by atoms with Crippen LogP contribution in [0.2, 0.25) is 0 Å². The average Bonchev–Trinajstić information content (AvgIpc) is 2.64. The van der Waals surface area contributed by atoms with Crippen LogP contribution >= 0.6 is 0 Å². The first kappa shape index (κ1) is 12.1. The number of Topliss-reactive ketones (excluding diaryl/α,β-unsaturated/α-hetero) is 1. The average molecular weight is 224 g/mol. The predicted octanol–water partition coefficient (Wildman–Crippen LogP) is 3.34. The van der Waals surface area contributed by atoms with Gasteiger partial charge in [0.1, 0.15) is 5.78 Å². The molecule has 2 heteroatoms. The SMILES string of the molecule is CCC(CC)CC(=O)C1CC2CCC(C1)O2. The molecule has 2 atom stereocenters. The number of ketones is 1. The molecule has 0 aromatic rings. The maximum Gasteiger partial charge on any atom is 0.136 e. The zero-order valence-corrected chi connectivity index (χ0v) is 10.6. The number of ether oxygens (including phenoxy) is 1. The second-order valence-corrected chi connectivity index (χ2v) is 5.48. The molecule has 16 heavy (non-hydrogen) atoms. The lowest BCUT2D eigenvalue weighted by Gasteiger charge is -2.28. The number of fused-ring (bicyclic) bond motifs is 2. The number of rotatable bonds is 5. The lowest BCUT2D eigenvalue weighted by atomic mass is 9.85. The lowest BCUT2D eigenvalue weighted by Crippen LogP contribution is -2.30. The summed E-state index contributed by atoms with van der Waals surface area (Å²) in [6.07, 6.45) is 8.22. The van der Waals surface area contributed by atoms with E-state index in [1.807, 2.05) is 0 Å². The van der Waals surface area contributed by atoms with Crippen molar-refractivity contribution in [2.75, 3.05) is 0 Å². The van der Waals surface area contributed by atoms with Crippen LogP contribution in [0.15, 0.2) is 0 Å². The third-order valence-electron chi connectivity index (χ3n) is 4.39. The highest BCUT2D eigenvalue weighted by atomic mass is 16.5. The third-order valence-corrected chi connectivity index (χ3v) is 4.39. The molecule has 2 rings (SSSR count). The van der Waals surface area contributed by atoms with Crippen molar-refractivity contribution in [3.05, 3.63) is 0 Å². The van der Waals surface area contributed by atoms with Gasteiger partial charge in [0.2, 0.25) is 0 Å². The van der Waals surface area contributed by atoms with Crippen molar-refractivity contribution in [2.24, 2.45) is 11.8 Å². The molecule has 0 spiro atoms. The molecule has 2 heterocycles. The Morgan fingerprint density at radius 3 is 2.25 bits per heavy atom. The van der Waals surface area contributed by atoms with E-state index in [4.69, 9.17) is 4.74 Å². The third kappa shape index (κ3) is 2.65. The van der Waals surface area contributed by atoms with Gasteiger partial charge in [0.05, 0.1) is 12.2 Å². The molecule has 0 amide bonds. The van der Waals surface area contributed by atoms with Crippen molar-refractivity contribution in [1.82, 2.24) is 0 Å². The Labute approximate surface area is 98.7 Å². The molecule has 2 aliphatic rings. The van der Waals surface area contributed by atoms with Gasteiger partial charge in [0.25, 0.3) is 0 Å². The van der Waals surface area contributed by atoms with Crippen molar-refractivity contribution < 1.29 is 9.53 Å². The molecule has 2 saturated heterocycles. The molecule has 0 N–H and O–H groups in total. The topological polar surface area (TPSA) is 26.3 Å². The summed E-state index contributed by atoms with van der Waals surface area (Å²) in [6, 6.07) is 0. The molecule has 2 fully saturated rings. The normalized spacial score (nSPS) is 33.3. The molecule has 0 aliphatic carbocycles. The van der Waals surface area contributed by atoms with Crippen LogP contribution in [0.5, 0.6) is 0 Å². The van der Waals surface area contributed by atoms with Gasteiger partial charge in [-0.05, 0) is 31.6 Å². The fourth-order valence-corrected chi connectivity index (χ4v) is 3.15. The summed E-state index contributed by atoms with van der Waals surface area (Å²) >= 11 is 0. The first-order chi connectivity index (χ1) is 7.72. The van der Waals surface area contributed by atoms with Gasteiger partial charge in [-0.25, -0.2) is 0 Å². The van der Waals surface area contributed by atoms with Crippen molar-refractivity contribution in [3.63, 3.8) is 0 Å². The molecule has 2 bridgehead atoms. The van der Waals surface area contributed by atoms with E-state index < -0.39 is 0 Å². The molecule has 0 aromatic heterocycles. The zero-order valence-electron chi connectivity index (χ0n) is 10.6. The molecule has 0 radical (unpaired) electrons. The summed E-state index contributed by atoms with van der Waals surface area (Å²) in [5.41, 5.74) is 0. The van der Waals surface area contributed by atoms with E-state index in [0.717, 1.165) is 32.1 Å². The number of carbonyl (C=O) groups is 1. The second kappa shape index (κ2) is 5.31. The molecule has 2 nitrogen and oxygen atoms in total. The van der Waals surface area contributed by atoms with E-state index in [1.165, 1.54) is 12.8 Å². The first-order valence-corrected chi connectivity index (χ1v) is 6.91. The summed E-state index contributed by atoms with van der Waals surface area (Å²) in [4.78, 5) is 12.2. The Morgan fingerprint density at radius 1 is 1.19 bits per heavy atom. The van der Waals surface area contributed by atoms with Crippen LogP contribution in [-0.2, 0) is 9.53 Å². The minimum Gasteiger partial charge on any atom is -0.375 e. The van der Waals surface area contributed by atoms with Gasteiger partial charge in [0, 0.05) is 12.3 Å². The van der Waals surface area contributed by atoms with E-state index in [9.17, 15) is 4.79 Å². The molecular weight excluding hydrogens is 200 g/mol. The summed E-state index contributed by atoms with van der Waals surface area (Å²) in [5, 5.41) is 0.